The maximum atomic E-state index is 12.7. The van der Waals surface area contributed by atoms with Crippen molar-refractivity contribution in [3.05, 3.63) is 40.5 Å². The first kappa shape index (κ1) is 21.3. The van der Waals surface area contributed by atoms with Crippen molar-refractivity contribution in [1.82, 2.24) is 14.7 Å². The summed E-state index contributed by atoms with van der Waals surface area (Å²) in [4.78, 5) is 38.0. The van der Waals surface area contributed by atoms with Crippen LogP contribution >= 0.6 is 11.6 Å². The van der Waals surface area contributed by atoms with Crippen LogP contribution in [0, 0.1) is 5.92 Å². The van der Waals surface area contributed by atoms with Crippen LogP contribution in [-0.2, 0) is 35.7 Å². The molecule has 0 unspecified atom stereocenters. The van der Waals surface area contributed by atoms with Crippen molar-refractivity contribution in [1.29, 1.82) is 0 Å². The van der Waals surface area contributed by atoms with Gasteiger partial charge in [-0.2, -0.15) is 5.10 Å². The number of aromatic nitrogens is 2. The van der Waals surface area contributed by atoms with Gasteiger partial charge in [0.25, 0.3) is 0 Å². The largest absolute Gasteiger partial charge is 0.369 e. The van der Waals surface area contributed by atoms with Gasteiger partial charge in [-0.05, 0) is 31.0 Å². The van der Waals surface area contributed by atoms with Gasteiger partial charge < -0.3 is 16.0 Å². The van der Waals surface area contributed by atoms with Gasteiger partial charge in [-0.15, -0.1) is 0 Å². The third kappa shape index (κ3) is 4.28. The Bertz CT molecular complexity index is 1180. The Morgan fingerprint density at radius 2 is 1.87 bits per heavy atom. The molecule has 2 aliphatic rings. The molecule has 2 aromatic rings. The summed E-state index contributed by atoms with van der Waals surface area (Å²) < 4.78 is 25.5. The molecule has 12 heteroatoms. The van der Waals surface area contributed by atoms with Crippen molar-refractivity contribution < 1.29 is 22.8 Å². The second kappa shape index (κ2) is 7.97. The number of hydrogen-bond donors (Lipinski definition) is 2. The van der Waals surface area contributed by atoms with Crippen LogP contribution in [0.15, 0.2) is 24.3 Å². The summed E-state index contributed by atoms with van der Waals surface area (Å²) >= 11 is 6.06. The minimum atomic E-state index is -3.37. The van der Waals surface area contributed by atoms with Gasteiger partial charge in [0.05, 0.1) is 22.9 Å². The summed E-state index contributed by atoms with van der Waals surface area (Å²) in [5.74, 6) is -2.80. The fraction of sp³-hybridized carbons (Fsp3) is 0.368. The molecule has 3 N–H and O–H groups in total. The molecule has 3 amide bonds. The molecule has 31 heavy (non-hydrogen) atoms. The van der Waals surface area contributed by atoms with Crippen molar-refractivity contribution in [3.63, 3.8) is 0 Å². The number of primary amides is 1. The molecule has 1 saturated heterocycles. The number of hydrogen-bond acceptors (Lipinski definition) is 6. The minimum absolute atomic E-state index is 0.128. The van der Waals surface area contributed by atoms with E-state index in [2.05, 4.69) is 10.4 Å². The molecular weight excluding hydrogens is 446 g/mol. The molecule has 164 valence electrons. The summed E-state index contributed by atoms with van der Waals surface area (Å²) in [7, 11) is -3.37. The highest BCUT2D eigenvalue weighted by molar-refractivity contribution is 7.90. The van der Waals surface area contributed by atoms with Crippen LogP contribution < -0.4 is 11.1 Å². The fourth-order valence-electron chi connectivity index (χ4n) is 3.84. The van der Waals surface area contributed by atoms with Crippen LogP contribution in [0.3, 0.4) is 0 Å². The van der Waals surface area contributed by atoms with Gasteiger partial charge in [0.15, 0.2) is 9.84 Å². The maximum absolute atomic E-state index is 12.7. The van der Waals surface area contributed by atoms with E-state index in [0.29, 0.717) is 34.8 Å². The van der Waals surface area contributed by atoms with Gasteiger partial charge in [-0.3, -0.25) is 14.4 Å². The molecule has 0 radical (unpaired) electrons. The van der Waals surface area contributed by atoms with Crippen LogP contribution in [0.2, 0.25) is 5.02 Å². The van der Waals surface area contributed by atoms with Gasteiger partial charge in [0.1, 0.15) is 5.82 Å². The third-order valence-corrected chi connectivity index (χ3v) is 7.13. The van der Waals surface area contributed by atoms with E-state index in [-0.39, 0.29) is 36.3 Å². The highest BCUT2D eigenvalue weighted by atomic mass is 35.5. The summed E-state index contributed by atoms with van der Waals surface area (Å²) in [5.41, 5.74) is 6.50. The summed E-state index contributed by atoms with van der Waals surface area (Å²) in [6.07, 6.45) is 0.783. The zero-order valence-electron chi connectivity index (χ0n) is 16.4. The number of nitrogens with two attached hydrogens (primary N) is 1. The second-order valence-corrected chi connectivity index (χ2v) is 10.1. The highest BCUT2D eigenvalue weighted by Gasteiger charge is 2.35. The molecule has 1 fully saturated rings. The number of carbonyl (C=O) groups is 3. The predicted molar refractivity (Wildman–Crippen MR) is 112 cm³/mol. The SMILES string of the molecule is NC(=O)C1CCN(C(=O)C(=O)Nc2c3c(nn2-c2cccc(Cl)c2)CS(=O)(=O)C3)CC1. The summed E-state index contributed by atoms with van der Waals surface area (Å²) in [6, 6.07) is 6.68. The topological polar surface area (TPSA) is 144 Å². The van der Waals surface area contributed by atoms with E-state index in [1.807, 2.05) is 0 Å². The number of nitrogens with zero attached hydrogens (tertiary/aromatic N) is 3. The van der Waals surface area contributed by atoms with Crippen molar-refractivity contribution >= 4 is 45.0 Å². The number of anilines is 1. The Balaban J connectivity index is 1.60. The maximum Gasteiger partial charge on any atom is 0.315 e. The number of halogens is 1. The molecule has 0 saturated carbocycles. The Labute approximate surface area is 183 Å². The van der Waals surface area contributed by atoms with Crippen molar-refractivity contribution in [2.24, 2.45) is 11.7 Å². The van der Waals surface area contributed by atoms with E-state index in [1.165, 1.54) is 9.58 Å². The van der Waals surface area contributed by atoms with E-state index >= 15 is 0 Å². The first-order valence-electron chi connectivity index (χ1n) is 9.61. The molecule has 1 aromatic heterocycles. The number of sulfone groups is 1. The lowest BCUT2D eigenvalue weighted by Gasteiger charge is -2.30. The van der Waals surface area contributed by atoms with Gasteiger partial charge >= 0.3 is 11.8 Å². The Morgan fingerprint density at radius 3 is 2.52 bits per heavy atom. The van der Waals surface area contributed by atoms with E-state index in [1.54, 1.807) is 24.3 Å². The Morgan fingerprint density at radius 1 is 1.16 bits per heavy atom. The average Bonchev–Trinajstić information content (AvgIpc) is 3.19. The molecule has 0 atom stereocenters. The molecule has 0 aliphatic carbocycles. The molecule has 10 nitrogen and oxygen atoms in total. The highest BCUT2D eigenvalue weighted by Crippen LogP contribution is 2.33. The molecular formula is C19H20ClN5O5S. The Kier molecular flexibility index (Phi) is 5.48. The van der Waals surface area contributed by atoms with E-state index in [4.69, 9.17) is 17.3 Å². The zero-order chi connectivity index (χ0) is 22.3. The lowest BCUT2D eigenvalue weighted by Crippen LogP contribution is -2.46. The summed E-state index contributed by atoms with van der Waals surface area (Å²) in [5, 5.41) is 7.33. The van der Waals surface area contributed by atoms with Crippen molar-refractivity contribution in [3.8, 4) is 5.69 Å². The number of rotatable bonds is 3. The van der Waals surface area contributed by atoms with E-state index in [0.717, 1.165) is 0 Å². The van der Waals surface area contributed by atoms with E-state index in [9.17, 15) is 22.8 Å². The first-order chi connectivity index (χ1) is 14.6. The number of likely N-dealkylation sites (tertiary alicyclic amines) is 1. The molecule has 0 bridgehead atoms. The van der Waals surface area contributed by atoms with Crippen molar-refractivity contribution in [2.75, 3.05) is 18.4 Å². The number of carbonyl (C=O) groups excluding carboxylic acids is 3. The number of benzene rings is 1. The quantitative estimate of drug-likeness (QED) is 0.635. The summed E-state index contributed by atoms with van der Waals surface area (Å²) in [6.45, 7) is 0.472. The van der Waals surface area contributed by atoms with Crippen LogP contribution in [0.5, 0.6) is 0 Å². The molecule has 3 heterocycles. The first-order valence-corrected chi connectivity index (χ1v) is 11.8. The van der Waals surface area contributed by atoms with Crippen LogP contribution in [0.4, 0.5) is 5.82 Å². The minimum Gasteiger partial charge on any atom is -0.369 e. The number of piperidine rings is 1. The monoisotopic (exact) mass is 465 g/mol. The van der Waals surface area contributed by atoms with Crippen molar-refractivity contribution in [2.45, 2.75) is 24.3 Å². The van der Waals surface area contributed by atoms with Crippen LogP contribution in [0.1, 0.15) is 24.1 Å². The van der Waals surface area contributed by atoms with Gasteiger partial charge in [0, 0.05) is 29.6 Å². The normalized spacial score (nSPS) is 17.9. The third-order valence-electron chi connectivity index (χ3n) is 5.45. The van der Waals surface area contributed by atoms with E-state index < -0.39 is 27.6 Å². The zero-order valence-corrected chi connectivity index (χ0v) is 17.9. The van der Waals surface area contributed by atoms with Gasteiger partial charge in [-0.25, -0.2) is 13.1 Å². The molecule has 0 spiro atoms. The number of amides is 3. The second-order valence-electron chi connectivity index (χ2n) is 7.62. The van der Waals surface area contributed by atoms with Gasteiger partial charge in [0.2, 0.25) is 5.91 Å². The predicted octanol–water partition coefficient (Wildman–Crippen LogP) is 0.616. The fourth-order valence-corrected chi connectivity index (χ4v) is 5.52. The Hall–Kier alpha value is -2.92. The lowest BCUT2D eigenvalue weighted by molar-refractivity contribution is -0.144. The molecule has 2 aliphatic heterocycles. The number of fused-ring (bicyclic) bond motifs is 1. The molecule has 1 aromatic carbocycles. The average molecular weight is 466 g/mol. The van der Waals surface area contributed by atoms with Gasteiger partial charge in [-0.1, -0.05) is 17.7 Å². The standard InChI is InChI=1S/C19H20ClN5O5S/c20-12-2-1-3-13(8-12)25-17(14-9-31(29,30)10-15(14)23-25)22-18(27)19(28)24-6-4-11(5-7-24)16(21)26/h1-3,8,11H,4-7,9-10H2,(H2,21,26)(H,22,27). The number of nitrogens with one attached hydrogen (secondary N) is 1. The van der Waals surface area contributed by atoms with Crippen LogP contribution in [-0.4, -0.2) is 53.9 Å². The molecule has 4 rings (SSSR count). The smallest absolute Gasteiger partial charge is 0.315 e. The lowest BCUT2D eigenvalue weighted by atomic mass is 9.96. The van der Waals surface area contributed by atoms with Crippen LogP contribution in [0.25, 0.3) is 5.69 Å².